The second kappa shape index (κ2) is 10.9. The SMILES string of the molecule is C[C@H](ON=C(C(=O)NC1C(=O)N2C(C(=O)O)=C(C[n+]3cccc4[nH]c(N)nc43)CSC12)c1nc(N)sc1Cl)C(=O)O. The maximum Gasteiger partial charge on any atom is 0.352 e. The molecule has 1 saturated heterocycles. The average Bonchev–Trinajstić information content (AvgIpc) is 3.47. The summed E-state index contributed by atoms with van der Waals surface area (Å²) in [5.41, 5.74) is 12.2. The Bertz CT molecular complexity index is 1670. The van der Waals surface area contributed by atoms with E-state index in [0.29, 0.717) is 16.7 Å². The summed E-state index contributed by atoms with van der Waals surface area (Å²) in [6, 6.07) is 2.41. The quantitative estimate of drug-likeness (QED) is 0.0783. The third kappa shape index (κ3) is 5.23. The van der Waals surface area contributed by atoms with E-state index >= 15 is 0 Å². The van der Waals surface area contributed by atoms with Crippen molar-refractivity contribution in [3.63, 3.8) is 0 Å². The predicted octanol–water partition coefficient (Wildman–Crippen LogP) is -0.243. The second-order valence-corrected chi connectivity index (χ2v) is 11.6. The molecule has 5 rings (SSSR count). The van der Waals surface area contributed by atoms with E-state index in [0.717, 1.165) is 16.2 Å². The Morgan fingerprint density at radius 1 is 1.37 bits per heavy atom. The molecule has 214 valence electrons. The number of hydrogen-bond acceptors (Lipinski definition) is 12. The molecule has 41 heavy (non-hydrogen) atoms. The number of aromatic amines is 1. The molecule has 8 N–H and O–H groups in total. The normalized spacial score (nSPS) is 19.5. The number of hydrogen-bond donors (Lipinski definition) is 6. The second-order valence-electron chi connectivity index (χ2n) is 8.81. The van der Waals surface area contributed by atoms with Crippen LogP contribution in [-0.4, -0.2) is 82.8 Å². The fourth-order valence-corrected chi connectivity index (χ4v) is 6.49. The Balaban J connectivity index is 1.39. The molecule has 0 radical (unpaired) electrons. The first-order valence-electron chi connectivity index (χ1n) is 11.7. The van der Waals surface area contributed by atoms with E-state index in [1.54, 1.807) is 22.9 Å². The van der Waals surface area contributed by atoms with Crippen molar-refractivity contribution < 1.29 is 38.8 Å². The Kier molecular flexibility index (Phi) is 7.45. The molecule has 3 aromatic heterocycles. The third-order valence-corrected chi connectivity index (χ3v) is 8.54. The van der Waals surface area contributed by atoms with Gasteiger partial charge in [-0.3, -0.25) is 19.5 Å². The fraction of sp³-hybridized carbons (Fsp3) is 0.273. The molecule has 2 aliphatic rings. The molecule has 1 fully saturated rings. The predicted molar refractivity (Wildman–Crippen MR) is 147 cm³/mol. The maximum atomic E-state index is 13.2. The Labute approximate surface area is 243 Å². The van der Waals surface area contributed by atoms with E-state index < -0.39 is 47.0 Å². The Hall–Kier alpha value is -4.42. The van der Waals surface area contributed by atoms with Crippen LogP contribution in [0.5, 0.6) is 0 Å². The number of nitrogens with zero attached hydrogens (tertiary/aromatic N) is 5. The first kappa shape index (κ1) is 28.1. The number of carbonyl (C=O) groups excluding carboxylic acids is 2. The molecule has 0 saturated carbocycles. The van der Waals surface area contributed by atoms with Crippen LogP contribution >= 0.6 is 34.7 Å². The van der Waals surface area contributed by atoms with E-state index in [9.17, 15) is 24.3 Å². The average molecular weight is 623 g/mol. The number of pyridine rings is 1. The summed E-state index contributed by atoms with van der Waals surface area (Å²) in [4.78, 5) is 67.0. The number of rotatable bonds is 9. The van der Waals surface area contributed by atoms with Crippen molar-refractivity contribution in [3.8, 4) is 0 Å². The lowest BCUT2D eigenvalue weighted by Crippen LogP contribution is -2.71. The molecular weight excluding hydrogens is 602 g/mol. The van der Waals surface area contributed by atoms with E-state index in [1.165, 1.54) is 18.7 Å². The van der Waals surface area contributed by atoms with E-state index in [2.05, 4.69) is 25.4 Å². The van der Waals surface area contributed by atoms with Crippen molar-refractivity contribution in [3.05, 3.63) is 39.6 Å². The van der Waals surface area contributed by atoms with Crippen molar-refractivity contribution >= 4 is 86.4 Å². The number of β-lactam (4-membered cyclic amide) rings is 1. The van der Waals surface area contributed by atoms with Crippen molar-refractivity contribution in [2.24, 2.45) is 5.16 Å². The van der Waals surface area contributed by atoms with Crippen molar-refractivity contribution in [1.29, 1.82) is 0 Å². The molecule has 2 amide bonds. The monoisotopic (exact) mass is 622 g/mol. The molecule has 3 atom stereocenters. The van der Waals surface area contributed by atoms with Gasteiger partial charge < -0.3 is 31.8 Å². The van der Waals surface area contributed by atoms with Gasteiger partial charge in [0.2, 0.25) is 6.10 Å². The molecule has 2 aliphatic heterocycles. The molecule has 16 nitrogen and oxygen atoms in total. The number of oxime groups is 1. The van der Waals surface area contributed by atoms with Gasteiger partial charge in [0, 0.05) is 11.3 Å². The van der Waals surface area contributed by atoms with Crippen LogP contribution in [0.2, 0.25) is 4.34 Å². The minimum atomic E-state index is -1.41. The van der Waals surface area contributed by atoms with Crippen LogP contribution in [0.4, 0.5) is 11.1 Å². The van der Waals surface area contributed by atoms with Crippen LogP contribution in [0.1, 0.15) is 12.6 Å². The summed E-state index contributed by atoms with van der Waals surface area (Å²) in [6.45, 7) is 1.32. The van der Waals surface area contributed by atoms with Crippen LogP contribution in [0.3, 0.4) is 0 Å². The van der Waals surface area contributed by atoms with Crippen LogP contribution in [0.15, 0.2) is 34.8 Å². The van der Waals surface area contributed by atoms with Crippen LogP contribution < -0.4 is 21.4 Å². The summed E-state index contributed by atoms with van der Waals surface area (Å²) in [5.74, 6) is -3.82. The number of nitrogens with one attached hydrogen (secondary N) is 2. The highest BCUT2D eigenvalue weighted by atomic mass is 35.5. The molecule has 0 spiro atoms. The molecule has 0 bridgehead atoms. The number of anilines is 2. The zero-order valence-electron chi connectivity index (χ0n) is 20.9. The van der Waals surface area contributed by atoms with Gasteiger partial charge in [0.25, 0.3) is 11.8 Å². The van der Waals surface area contributed by atoms with Gasteiger partial charge >= 0.3 is 23.5 Å². The molecular formula is C22H21ClN9O7S2+. The number of aliphatic carboxylic acids is 2. The summed E-state index contributed by atoms with van der Waals surface area (Å²) in [7, 11) is 0. The lowest BCUT2D eigenvalue weighted by molar-refractivity contribution is -0.664. The van der Waals surface area contributed by atoms with Gasteiger partial charge in [-0.05, 0) is 24.0 Å². The highest BCUT2D eigenvalue weighted by Gasteiger charge is 2.54. The van der Waals surface area contributed by atoms with E-state index in [1.807, 2.05) is 0 Å². The Morgan fingerprint density at radius 3 is 2.78 bits per heavy atom. The Morgan fingerprint density at radius 2 is 2.12 bits per heavy atom. The molecule has 0 aromatic carbocycles. The lowest BCUT2D eigenvalue weighted by atomic mass is 10.0. The number of carboxylic acid groups (broad SMARTS) is 2. The van der Waals surface area contributed by atoms with Crippen molar-refractivity contribution in [2.75, 3.05) is 17.2 Å². The van der Waals surface area contributed by atoms with Crippen molar-refractivity contribution in [2.45, 2.75) is 31.0 Å². The summed E-state index contributed by atoms with van der Waals surface area (Å²) < 4.78 is 1.71. The van der Waals surface area contributed by atoms with Gasteiger partial charge in [-0.1, -0.05) is 28.1 Å². The number of halogens is 1. The number of aromatic nitrogens is 4. The minimum Gasteiger partial charge on any atom is -0.478 e. The number of fused-ring (bicyclic) bond motifs is 2. The first-order chi connectivity index (χ1) is 19.5. The minimum absolute atomic E-state index is 0.0106. The van der Waals surface area contributed by atoms with Crippen LogP contribution in [0, 0.1) is 0 Å². The van der Waals surface area contributed by atoms with Gasteiger partial charge in [-0.25, -0.2) is 19.1 Å². The standard InChI is InChI=1S/C22H20ClN9O7S2/c1-7(19(35)36)39-30-11(10-14(23)41-22(25)28-10)16(33)27-12-17(34)32-13(20(37)38)8(6-40-18(12)32)5-31-4-2-3-9-15(31)29-21(24)26-9/h2-4,7,12,18H,5-6H2,1H3,(H7,24,25,26,27,28,33,35,36,37,38)/p+1/t7-,12?,18?/m0/s1. The van der Waals surface area contributed by atoms with E-state index in [4.69, 9.17) is 33.0 Å². The third-order valence-electron chi connectivity index (χ3n) is 6.12. The zero-order chi connectivity index (χ0) is 29.6. The lowest BCUT2D eigenvalue weighted by Gasteiger charge is -2.49. The number of amides is 2. The number of thioether (sulfide) groups is 1. The summed E-state index contributed by atoms with van der Waals surface area (Å²) in [5, 5.41) is 24.5. The highest BCUT2D eigenvalue weighted by Crippen LogP contribution is 2.40. The summed E-state index contributed by atoms with van der Waals surface area (Å²) in [6.07, 6.45) is 0.308. The number of carboxylic acids is 2. The van der Waals surface area contributed by atoms with Gasteiger partial charge in [0.05, 0.1) is 6.20 Å². The smallest absolute Gasteiger partial charge is 0.352 e. The van der Waals surface area contributed by atoms with Crippen molar-refractivity contribution in [1.82, 2.24) is 25.2 Å². The van der Waals surface area contributed by atoms with Gasteiger partial charge in [0.15, 0.2) is 10.8 Å². The first-order valence-corrected chi connectivity index (χ1v) is 13.9. The number of H-pyrrole nitrogens is 1. The van der Waals surface area contributed by atoms with Gasteiger partial charge in [0.1, 0.15) is 39.2 Å². The maximum absolute atomic E-state index is 13.2. The molecule has 19 heteroatoms. The van der Waals surface area contributed by atoms with Crippen LogP contribution in [0.25, 0.3) is 11.2 Å². The molecule has 3 aromatic rings. The summed E-state index contributed by atoms with van der Waals surface area (Å²) >= 11 is 8.25. The number of nitrogen functional groups attached to an aromatic ring is 2. The number of thiazole rings is 1. The number of nitrogens with two attached hydrogens (primary N) is 2. The largest absolute Gasteiger partial charge is 0.478 e. The number of carbonyl (C=O) groups is 4. The highest BCUT2D eigenvalue weighted by molar-refractivity contribution is 8.00. The molecule has 0 aliphatic carbocycles. The molecule has 5 heterocycles. The zero-order valence-corrected chi connectivity index (χ0v) is 23.3. The molecule has 2 unspecified atom stereocenters. The van der Waals surface area contributed by atoms with Crippen LogP contribution in [-0.2, 0) is 30.6 Å². The fourth-order valence-electron chi connectivity index (χ4n) is 4.22. The topological polar surface area (TPSA) is 243 Å². The van der Waals surface area contributed by atoms with Gasteiger partial charge in [-0.15, -0.1) is 11.8 Å². The number of imidazole rings is 1. The van der Waals surface area contributed by atoms with Gasteiger partial charge in [-0.2, -0.15) is 0 Å². The van der Waals surface area contributed by atoms with E-state index in [-0.39, 0.29) is 39.1 Å².